The topological polar surface area (TPSA) is 85.9 Å². The van der Waals surface area contributed by atoms with Gasteiger partial charge in [0.25, 0.3) is 11.8 Å². The molecule has 0 aromatic heterocycles. The van der Waals surface area contributed by atoms with Gasteiger partial charge in [0.2, 0.25) is 0 Å². The number of carbonyl (C=O) groups is 2. The average molecular weight is 280 g/mol. The minimum atomic E-state index is -0.404. The molecule has 110 valence electrons. The average Bonchev–Trinajstić information content (AvgIpc) is 2.44. The van der Waals surface area contributed by atoms with Gasteiger partial charge in [-0.1, -0.05) is 0 Å². The number of quaternary nitrogens is 1. The summed E-state index contributed by atoms with van der Waals surface area (Å²) in [6.07, 6.45) is 0. The number of rotatable bonds is 7. The normalized spacial score (nSPS) is 13.3. The van der Waals surface area contributed by atoms with E-state index in [1.54, 1.807) is 38.3 Å². The number of hydrogen-bond acceptors (Lipinski definition) is 3. The first-order valence-corrected chi connectivity index (χ1v) is 6.55. The molecule has 1 aromatic rings. The van der Waals surface area contributed by atoms with Crippen LogP contribution in [0.15, 0.2) is 24.3 Å². The van der Waals surface area contributed by atoms with E-state index in [2.05, 4.69) is 5.32 Å². The molecule has 2 amide bonds. The molecule has 20 heavy (non-hydrogen) atoms. The molecule has 2 atom stereocenters. The molecule has 0 fully saturated rings. The maximum absolute atomic E-state index is 11.9. The maximum Gasteiger partial charge on any atom is 0.279 e. The van der Waals surface area contributed by atoms with Gasteiger partial charge in [0.1, 0.15) is 5.75 Å². The lowest BCUT2D eigenvalue weighted by atomic mass is 10.2. The van der Waals surface area contributed by atoms with Gasteiger partial charge in [-0.05, 0) is 38.1 Å². The van der Waals surface area contributed by atoms with E-state index in [-0.39, 0.29) is 18.5 Å². The highest BCUT2D eigenvalue weighted by molar-refractivity contribution is 5.91. The second kappa shape index (κ2) is 7.49. The first-order chi connectivity index (χ1) is 9.47. The van der Waals surface area contributed by atoms with Crippen LogP contribution >= 0.6 is 0 Å². The number of anilines is 1. The fourth-order valence-electron chi connectivity index (χ4n) is 1.87. The lowest BCUT2D eigenvalue weighted by Gasteiger charge is -2.21. The molecule has 0 spiro atoms. The van der Waals surface area contributed by atoms with Crippen LogP contribution < -0.4 is 20.7 Å². The molecule has 6 nitrogen and oxygen atoms in total. The minimum absolute atomic E-state index is 0.153. The quantitative estimate of drug-likeness (QED) is 0.624. The first kappa shape index (κ1) is 16.0. The van der Waals surface area contributed by atoms with Gasteiger partial charge in [0.15, 0.2) is 12.6 Å². The molecule has 0 saturated heterocycles. The van der Waals surface area contributed by atoms with Crippen molar-refractivity contribution in [3.05, 3.63) is 24.3 Å². The van der Waals surface area contributed by atoms with Gasteiger partial charge in [-0.25, -0.2) is 0 Å². The van der Waals surface area contributed by atoms with Crippen LogP contribution in [0.4, 0.5) is 5.69 Å². The van der Waals surface area contributed by atoms with Crippen LogP contribution in [0.1, 0.15) is 13.8 Å². The summed E-state index contributed by atoms with van der Waals surface area (Å²) in [5.74, 6) is 0.172. The monoisotopic (exact) mass is 280 g/mol. The van der Waals surface area contributed by atoms with E-state index in [1.807, 2.05) is 6.92 Å². The molecular formula is C14H22N3O3+. The van der Waals surface area contributed by atoms with E-state index in [9.17, 15) is 9.59 Å². The molecule has 6 heteroatoms. The molecule has 0 saturated carbocycles. The highest BCUT2D eigenvalue weighted by atomic mass is 16.5. The fourth-order valence-corrected chi connectivity index (χ4v) is 1.87. The highest BCUT2D eigenvalue weighted by Crippen LogP contribution is 2.14. The first-order valence-electron chi connectivity index (χ1n) is 6.55. The third kappa shape index (κ3) is 4.55. The van der Waals surface area contributed by atoms with Crippen LogP contribution in [0, 0.1) is 0 Å². The van der Waals surface area contributed by atoms with Crippen molar-refractivity contribution in [3.63, 3.8) is 0 Å². The van der Waals surface area contributed by atoms with Crippen LogP contribution in [0.2, 0.25) is 0 Å². The maximum atomic E-state index is 11.9. The number of likely N-dealkylation sites (N-methyl/N-ethyl adjacent to an activating group) is 1. The summed E-state index contributed by atoms with van der Waals surface area (Å²) in [5.41, 5.74) is 5.96. The van der Waals surface area contributed by atoms with Crippen molar-refractivity contribution in [3.8, 4) is 5.75 Å². The van der Waals surface area contributed by atoms with E-state index in [1.165, 1.54) is 0 Å². The number of nitrogens with one attached hydrogen (secondary N) is 2. The molecule has 1 aromatic carbocycles. The van der Waals surface area contributed by atoms with Crippen LogP contribution in [-0.4, -0.2) is 38.1 Å². The number of benzene rings is 1. The molecular weight excluding hydrogens is 258 g/mol. The van der Waals surface area contributed by atoms with E-state index in [4.69, 9.17) is 10.5 Å². The standard InChI is InChI=1S/C14H21N3O3/c1-4-17(10(2)14(15)19)9-13(18)16-11-5-7-12(20-3)8-6-11/h5-8,10H,4,9H2,1-3H3,(H2,15,19)(H,16,18)/p+1/t10-/m0/s1. The number of methoxy groups -OCH3 is 1. The second-order valence-electron chi connectivity index (χ2n) is 4.59. The van der Waals surface area contributed by atoms with Crippen molar-refractivity contribution in [1.29, 1.82) is 0 Å². The van der Waals surface area contributed by atoms with E-state index >= 15 is 0 Å². The number of amides is 2. The van der Waals surface area contributed by atoms with Gasteiger partial charge in [-0.15, -0.1) is 0 Å². The Bertz CT molecular complexity index is 459. The number of hydrogen-bond donors (Lipinski definition) is 3. The zero-order valence-corrected chi connectivity index (χ0v) is 12.1. The predicted octanol–water partition coefficient (Wildman–Crippen LogP) is -0.588. The van der Waals surface area contributed by atoms with Crippen molar-refractivity contribution in [2.45, 2.75) is 19.9 Å². The third-order valence-corrected chi connectivity index (χ3v) is 3.25. The van der Waals surface area contributed by atoms with Crippen LogP contribution in [0.5, 0.6) is 5.75 Å². The van der Waals surface area contributed by atoms with Crippen LogP contribution in [0.3, 0.4) is 0 Å². The lowest BCUT2D eigenvalue weighted by molar-refractivity contribution is -0.904. The van der Waals surface area contributed by atoms with Crippen LogP contribution in [-0.2, 0) is 9.59 Å². The summed E-state index contributed by atoms with van der Waals surface area (Å²) in [5, 5.41) is 2.78. The Kier molecular flexibility index (Phi) is 5.99. The summed E-state index contributed by atoms with van der Waals surface area (Å²) >= 11 is 0. The van der Waals surface area contributed by atoms with Crippen molar-refractivity contribution in [1.82, 2.24) is 0 Å². The van der Waals surface area contributed by atoms with Gasteiger partial charge in [-0.3, -0.25) is 9.59 Å². The Balaban J connectivity index is 2.59. The van der Waals surface area contributed by atoms with Gasteiger partial charge >= 0.3 is 0 Å². The molecule has 1 unspecified atom stereocenters. The number of nitrogens with two attached hydrogens (primary N) is 1. The molecule has 0 heterocycles. The molecule has 0 aliphatic heterocycles. The van der Waals surface area contributed by atoms with Crippen molar-refractivity contribution in [2.75, 3.05) is 25.5 Å². The largest absolute Gasteiger partial charge is 0.497 e. The Morgan fingerprint density at radius 3 is 2.40 bits per heavy atom. The SMILES string of the molecule is CC[NH+](CC(=O)Nc1ccc(OC)cc1)[C@@H](C)C(N)=O. The van der Waals surface area contributed by atoms with Crippen molar-refractivity contribution in [2.24, 2.45) is 5.73 Å². The smallest absolute Gasteiger partial charge is 0.279 e. The molecule has 1 rings (SSSR count). The molecule has 4 N–H and O–H groups in total. The van der Waals surface area contributed by atoms with E-state index < -0.39 is 5.91 Å². The minimum Gasteiger partial charge on any atom is -0.497 e. The zero-order valence-electron chi connectivity index (χ0n) is 12.1. The Morgan fingerprint density at radius 2 is 1.95 bits per heavy atom. The molecule has 0 radical (unpaired) electrons. The Morgan fingerprint density at radius 1 is 1.35 bits per heavy atom. The second-order valence-corrected chi connectivity index (χ2v) is 4.59. The highest BCUT2D eigenvalue weighted by Gasteiger charge is 2.23. The van der Waals surface area contributed by atoms with Crippen molar-refractivity contribution >= 4 is 17.5 Å². The Hall–Kier alpha value is -2.08. The molecule has 0 aliphatic carbocycles. The summed E-state index contributed by atoms with van der Waals surface area (Å²) < 4.78 is 5.05. The zero-order chi connectivity index (χ0) is 15.1. The summed E-state index contributed by atoms with van der Waals surface area (Å²) in [4.78, 5) is 24.0. The molecule has 0 aliphatic rings. The summed E-state index contributed by atoms with van der Waals surface area (Å²) in [6, 6.07) is 6.68. The number of ether oxygens (including phenoxy) is 1. The molecule has 0 bridgehead atoms. The van der Waals surface area contributed by atoms with Gasteiger partial charge < -0.3 is 20.7 Å². The van der Waals surface area contributed by atoms with E-state index in [0.29, 0.717) is 12.2 Å². The van der Waals surface area contributed by atoms with Crippen molar-refractivity contribution < 1.29 is 19.2 Å². The third-order valence-electron chi connectivity index (χ3n) is 3.25. The summed E-state index contributed by atoms with van der Waals surface area (Å²) in [6.45, 7) is 4.49. The number of primary amides is 1. The Labute approximate surface area is 118 Å². The van der Waals surface area contributed by atoms with E-state index in [0.717, 1.165) is 10.6 Å². The number of carbonyl (C=O) groups excluding carboxylic acids is 2. The van der Waals surface area contributed by atoms with Gasteiger partial charge in [-0.2, -0.15) is 0 Å². The predicted molar refractivity (Wildman–Crippen MR) is 76.7 cm³/mol. The van der Waals surface area contributed by atoms with Gasteiger partial charge in [0.05, 0.1) is 13.7 Å². The van der Waals surface area contributed by atoms with Gasteiger partial charge in [0, 0.05) is 5.69 Å². The summed E-state index contributed by atoms with van der Waals surface area (Å²) in [7, 11) is 1.58. The van der Waals surface area contributed by atoms with Crippen LogP contribution in [0.25, 0.3) is 0 Å². The lowest BCUT2D eigenvalue weighted by Crippen LogP contribution is -3.17. The fraction of sp³-hybridized carbons (Fsp3) is 0.429.